The molecule has 6 nitrogen and oxygen atoms in total. The van der Waals surface area contributed by atoms with E-state index >= 15 is 0 Å². The number of anilines is 1. The Morgan fingerprint density at radius 2 is 1.80 bits per heavy atom. The number of aliphatic hydroxyl groups is 1. The zero-order valence-electron chi connectivity index (χ0n) is 19.5. The summed E-state index contributed by atoms with van der Waals surface area (Å²) in [6.07, 6.45) is 6.72. The van der Waals surface area contributed by atoms with Gasteiger partial charge in [0.2, 0.25) is 0 Å². The van der Waals surface area contributed by atoms with E-state index in [1.165, 1.54) is 0 Å². The van der Waals surface area contributed by atoms with Gasteiger partial charge in [-0.05, 0) is 55.7 Å². The van der Waals surface area contributed by atoms with Crippen LogP contribution in [0.3, 0.4) is 0 Å². The monoisotopic (exact) mass is 467 g/mol. The minimum atomic E-state index is -0.768. The lowest BCUT2D eigenvalue weighted by atomic mass is 9.93. The van der Waals surface area contributed by atoms with Crippen LogP contribution in [0.1, 0.15) is 41.4 Å². The average molecular weight is 468 g/mol. The molecule has 0 saturated heterocycles. The van der Waals surface area contributed by atoms with E-state index in [2.05, 4.69) is 22.0 Å². The zero-order chi connectivity index (χ0) is 24.0. The molecule has 0 saturated carbocycles. The van der Waals surface area contributed by atoms with Crippen LogP contribution in [0.25, 0.3) is 11.0 Å². The number of benzene rings is 3. The molecule has 4 aromatic rings. The first-order chi connectivity index (χ1) is 17.2. The molecular weight excluding hydrogens is 438 g/mol. The van der Waals surface area contributed by atoms with Crippen LogP contribution in [-0.2, 0) is 6.54 Å². The van der Waals surface area contributed by atoms with Crippen LogP contribution in [-0.4, -0.2) is 33.3 Å². The summed E-state index contributed by atoms with van der Waals surface area (Å²) in [4.78, 5) is 17.7. The largest absolute Gasteiger partial charge is 0.490 e. The summed E-state index contributed by atoms with van der Waals surface area (Å²) >= 11 is 0. The van der Waals surface area contributed by atoms with E-state index in [1.54, 1.807) is 18.2 Å². The van der Waals surface area contributed by atoms with Gasteiger partial charge >= 0.3 is 0 Å². The highest BCUT2D eigenvalue weighted by Crippen LogP contribution is 2.31. The molecule has 6 heteroatoms. The summed E-state index contributed by atoms with van der Waals surface area (Å²) in [6.45, 7) is 0.431. The minimum absolute atomic E-state index is 0.0617. The Labute approximate surface area is 204 Å². The van der Waals surface area contributed by atoms with Crippen molar-refractivity contribution in [2.24, 2.45) is 0 Å². The summed E-state index contributed by atoms with van der Waals surface area (Å²) in [5, 5.41) is 13.8. The van der Waals surface area contributed by atoms with Crippen LogP contribution >= 0.6 is 0 Å². The Hall–Kier alpha value is -3.90. The molecule has 2 atom stereocenters. The SMILES string of the molecule is O=C(Nc1ccccc1)c1ccccc1OC[C@@H](O)Cn1c([C@H]2CC=CCC2)nc2ccccc21. The second-order valence-corrected chi connectivity index (χ2v) is 8.83. The molecule has 3 aromatic carbocycles. The lowest BCUT2D eigenvalue weighted by Crippen LogP contribution is -2.26. The molecule has 0 unspecified atom stereocenters. The van der Waals surface area contributed by atoms with E-state index in [-0.39, 0.29) is 12.5 Å². The molecule has 0 fully saturated rings. The summed E-state index contributed by atoms with van der Waals surface area (Å²) < 4.78 is 8.07. The summed E-state index contributed by atoms with van der Waals surface area (Å²) in [6, 6.07) is 24.4. The second kappa shape index (κ2) is 10.6. The fourth-order valence-electron chi connectivity index (χ4n) is 4.58. The number of allylic oxidation sites excluding steroid dienone is 2. The highest BCUT2D eigenvalue weighted by molar-refractivity contribution is 6.06. The van der Waals surface area contributed by atoms with Crippen LogP contribution in [0, 0.1) is 0 Å². The smallest absolute Gasteiger partial charge is 0.259 e. The number of imidazole rings is 1. The summed E-state index contributed by atoms with van der Waals surface area (Å²) in [5.74, 6) is 1.53. The number of carbonyl (C=O) groups is 1. The molecule has 2 N–H and O–H groups in total. The molecule has 1 aliphatic rings. The number of rotatable bonds is 8. The van der Waals surface area contributed by atoms with E-state index in [9.17, 15) is 9.90 Å². The number of aliphatic hydroxyl groups excluding tert-OH is 1. The van der Waals surface area contributed by atoms with E-state index in [0.29, 0.717) is 29.5 Å². The molecular formula is C29H29N3O3. The normalized spacial score (nSPS) is 16.2. The number of para-hydroxylation sites is 4. The van der Waals surface area contributed by atoms with Gasteiger partial charge in [-0.1, -0.05) is 54.6 Å². The maximum Gasteiger partial charge on any atom is 0.259 e. The van der Waals surface area contributed by atoms with Gasteiger partial charge in [0.15, 0.2) is 0 Å². The fraction of sp³-hybridized carbons (Fsp3) is 0.241. The predicted octanol–water partition coefficient (Wildman–Crippen LogP) is 5.55. The lowest BCUT2D eigenvalue weighted by molar-refractivity contribution is 0.0898. The van der Waals surface area contributed by atoms with Crippen molar-refractivity contribution in [2.45, 2.75) is 37.8 Å². The molecule has 1 aromatic heterocycles. The molecule has 0 radical (unpaired) electrons. The van der Waals surface area contributed by atoms with Gasteiger partial charge in [-0.2, -0.15) is 0 Å². The third kappa shape index (κ3) is 5.28. The predicted molar refractivity (Wildman–Crippen MR) is 138 cm³/mol. The Morgan fingerprint density at radius 1 is 1.03 bits per heavy atom. The van der Waals surface area contributed by atoms with E-state index in [1.807, 2.05) is 60.7 Å². The average Bonchev–Trinajstić information content (AvgIpc) is 3.27. The van der Waals surface area contributed by atoms with Gasteiger partial charge in [0.25, 0.3) is 5.91 Å². The van der Waals surface area contributed by atoms with Crippen molar-refractivity contribution in [1.29, 1.82) is 0 Å². The first-order valence-corrected chi connectivity index (χ1v) is 12.1. The number of carbonyl (C=O) groups excluding carboxylic acids is 1. The Kier molecular flexibility index (Phi) is 6.91. The molecule has 1 heterocycles. The van der Waals surface area contributed by atoms with E-state index < -0.39 is 6.10 Å². The van der Waals surface area contributed by atoms with Crippen molar-refractivity contribution in [3.05, 3.63) is 102 Å². The number of nitrogens with one attached hydrogen (secondary N) is 1. The van der Waals surface area contributed by atoms with Crippen molar-refractivity contribution in [2.75, 3.05) is 11.9 Å². The van der Waals surface area contributed by atoms with Crippen molar-refractivity contribution in [1.82, 2.24) is 9.55 Å². The molecule has 1 aliphatic carbocycles. The highest BCUT2D eigenvalue weighted by atomic mass is 16.5. The van der Waals surface area contributed by atoms with Crippen molar-refractivity contribution in [3.63, 3.8) is 0 Å². The maximum absolute atomic E-state index is 12.8. The number of nitrogens with zero attached hydrogens (tertiary/aromatic N) is 2. The number of fused-ring (bicyclic) bond motifs is 1. The van der Waals surface area contributed by atoms with Crippen LogP contribution < -0.4 is 10.1 Å². The highest BCUT2D eigenvalue weighted by Gasteiger charge is 2.22. The third-order valence-corrected chi connectivity index (χ3v) is 6.31. The lowest BCUT2D eigenvalue weighted by Gasteiger charge is -2.21. The minimum Gasteiger partial charge on any atom is -0.490 e. The molecule has 178 valence electrons. The summed E-state index contributed by atoms with van der Waals surface area (Å²) in [7, 11) is 0. The first kappa shape index (κ1) is 22.9. The number of aromatic nitrogens is 2. The molecule has 1 amide bonds. The van der Waals surface area contributed by atoms with E-state index in [0.717, 1.165) is 36.1 Å². The molecule has 0 bridgehead atoms. The van der Waals surface area contributed by atoms with E-state index in [4.69, 9.17) is 9.72 Å². The van der Waals surface area contributed by atoms with Gasteiger partial charge in [-0.25, -0.2) is 4.98 Å². The maximum atomic E-state index is 12.8. The van der Waals surface area contributed by atoms with Crippen molar-refractivity contribution >= 4 is 22.6 Å². The molecule has 5 rings (SSSR count). The Balaban J connectivity index is 1.30. The van der Waals surface area contributed by atoms with Crippen LogP contribution in [0.4, 0.5) is 5.69 Å². The topological polar surface area (TPSA) is 76.4 Å². The second-order valence-electron chi connectivity index (χ2n) is 8.83. The molecule has 0 spiro atoms. The van der Waals surface area contributed by atoms with Crippen LogP contribution in [0.15, 0.2) is 91.0 Å². The van der Waals surface area contributed by atoms with Crippen molar-refractivity contribution in [3.8, 4) is 5.75 Å². The van der Waals surface area contributed by atoms with Crippen LogP contribution in [0.2, 0.25) is 0 Å². The first-order valence-electron chi connectivity index (χ1n) is 12.1. The van der Waals surface area contributed by atoms with Gasteiger partial charge in [0.1, 0.15) is 24.3 Å². The standard InChI is InChI=1S/C29H29N3O3/c33-23(19-32-26-17-9-8-16-25(26)31-28(32)21-11-3-1-4-12-21)20-35-27-18-10-7-15-24(27)29(34)30-22-13-5-2-6-14-22/h1-3,5-10,13-18,21,23,33H,4,11-12,19-20H2,(H,30,34)/t21-,23-/m0/s1. The zero-order valence-corrected chi connectivity index (χ0v) is 19.5. The quantitative estimate of drug-likeness (QED) is 0.333. The number of hydrogen-bond donors (Lipinski definition) is 2. The van der Waals surface area contributed by atoms with Crippen molar-refractivity contribution < 1.29 is 14.6 Å². The fourth-order valence-corrected chi connectivity index (χ4v) is 4.58. The van der Waals surface area contributed by atoms with Gasteiger partial charge in [0.05, 0.1) is 23.1 Å². The van der Waals surface area contributed by atoms with Gasteiger partial charge in [-0.15, -0.1) is 0 Å². The Morgan fingerprint density at radius 3 is 2.63 bits per heavy atom. The third-order valence-electron chi connectivity index (χ3n) is 6.31. The Bertz CT molecular complexity index is 1330. The van der Waals surface area contributed by atoms with Gasteiger partial charge in [0, 0.05) is 11.6 Å². The van der Waals surface area contributed by atoms with Crippen LogP contribution in [0.5, 0.6) is 5.75 Å². The summed E-state index contributed by atoms with van der Waals surface area (Å²) in [5.41, 5.74) is 3.09. The number of amides is 1. The van der Waals surface area contributed by atoms with Gasteiger partial charge in [-0.3, -0.25) is 4.79 Å². The molecule has 0 aliphatic heterocycles. The number of hydrogen-bond acceptors (Lipinski definition) is 4. The molecule has 35 heavy (non-hydrogen) atoms. The van der Waals surface area contributed by atoms with Gasteiger partial charge < -0.3 is 19.7 Å². The number of ether oxygens (including phenoxy) is 1.